The molecule has 1 heterocycles. The van der Waals surface area contributed by atoms with E-state index in [1.165, 1.54) is 44.9 Å². The summed E-state index contributed by atoms with van der Waals surface area (Å²) < 4.78 is 27.0. The zero-order valence-electron chi connectivity index (χ0n) is 43.5. The highest BCUT2D eigenvalue weighted by Crippen LogP contribution is 2.62. The van der Waals surface area contributed by atoms with Crippen LogP contribution in [-0.4, -0.2) is 77.8 Å². The molecule has 6 unspecified atom stereocenters. The van der Waals surface area contributed by atoms with E-state index < -0.39 is 29.9 Å². The fraction of sp³-hybridized carbons (Fsp3) is 0.525. The van der Waals surface area contributed by atoms with Crippen molar-refractivity contribution in [3.05, 3.63) is 132 Å². The minimum atomic E-state index is -1.51. The molecule has 12 heteroatoms. The molecule has 7 rings (SSSR count). The van der Waals surface area contributed by atoms with Crippen LogP contribution < -0.4 is 14.8 Å². The first-order valence-corrected chi connectivity index (χ1v) is 27.5. The minimum absolute atomic E-state index is 0.0196. The predicted octanol–water partition coefficient (Wildman–Crippen LogP) is 13.3. The Labute approximate surface area is 434 Å². The van der Waals surface area contributed by atoms with Crippen LogP contribution in [0, 0.1) is 17.8 Å². The lowest BCUT2D eigenvalue weighted by Crippen LogP contribution is -2.70. The first-order valence-electron chi connectivity index (χ1n) is 27.5. The summed E-state index contributed by atoms with van der Waals surface area (Å²) in [5.41, 5.74) is 4.36. The average Bonchev–Trinajstić information content (AvgIpc) is 3.41. The molecule has 4 aromatic carbocycles. The van der Waals surface area contributed by atoms with Gasteiger partial charge in [-0.1, -0.05) is 168 Å². The zero-order valence-corrected chi connectivity index (χ0v) is 43.5. The van der Waals surface area contributed by atoms with Gasteiger partial charge in [0, 0.05) is 37.7 Å². The largest absolute Gasteiger partial charge is 0.459 e. The number of rotatable bonds is 30. The van der Waals surface area contributed by atoms with Crippen molar-refractivity contribution >= 4 is 28.7 Å². The molecule has 1 aliphatic heterocycles. The number of aliphatic hydroxyl groups is 2. The molecule has 0 aromatic heterocycles. The molecular formula is C61H81N3O9. The van der Waals surface area contributed by atoms with Gasteiger partial charge in [0.05, 0.1) is 31.4 Å². The van der Waals surface area contributed by atoms with Crippen molar-refractivity contribution in [3.63, 3.8) is 0 Å². The van der Waals surface area contributed by atoms with Crippen LogP contribution in [0.1, 0.15) is 146 Å². The standard InChI is InChI=1S/C61H81N3O9/c1-4-7-8-9-10-11-12-13-14-24-39-69-60(68)64(43-48-31-25-30-46-28-18-19-32-50(46)48)56-42-54(63-71-44-45-26-16-15-17-27-45)52-40-47(29-20-22-36-65)51(33-21-23-37-66)57-53-41-49(72-59(67)62-6-3)34-35-55(53)73-61(56,58(52)57)70-38-5-2/h5,15-19,25-28,30-32,34-35,40-41,47,51,56-58,65-66H,2,4,6-14,20-24,29,33,36-39,42-44H2,1,3H3,(H,62,67). The number of fused-ring (bicyclic) bond motifs is 3. The molecule has 4 aromatic rings. The van der Waals surface area contributed by atoms with Crippen molar-refractivity contribution in [1.82, 2.24) is 10.2 Å². The van der Waals surface area contributed by atoms with E-state index in [1.807, 2.05) is 72.5 Å². The van der Waals surface area contributed by atoms with Crippen molar-refractivity contribution < 1.29 is 43.6 Å². The summed E-state index contributed by atoms with van der Waals surface area (Å²) in [5.74, 6) is -1.45. The Hall–Kier alpha value is -5.69. The first kappa shape index (κ1) is 55.1. The lowest BCUT2D eigenvalue weighted by molar-refractivity contribution is -0.256. The second kappa shape index (κ2) is 28.7. The number of allylic oxidation sites excluding steroid dienone is 1. The maximum absolute atomic E-state index is 15.4. The number of nitrogens with zero attached hydrogens (tertiary/aromatic N) is 2. The highest BCUT2D eigenvalue weighted by molar-refractivity contribution is 6.03. The molecule has 2 amide bonds. The van der Waals surface area contributed by atoms with E-state index in [2.05, 4.69) is 49.2 Å². The number of amides is 2. The molecule has 0 spiro atoms. The van der Waals surface area contributed by atoms with Gasteiger partial charge in [-0.3, -0.25) is 4.90 Å². The average molecular weight is 1000 g/mol. The molecule has 2 aliphatic carbocycles. The van der Waals surface area contributed by atoms with Crippen molar-refractivity contribution in [1.29, 1.82) is 0 Å². The van der Waals surface area contributed by atoms with E-state index in [-0.39, 0.29) is 63.8 Å². The third-order valence-corrected chi connectivity index (χ3v) is 15.0. The Kier molecular flexibility index (Phi) is 21.6. The number of carbonyl (C=O) groups excluding carboxylic acids is 2. The molecule has 0 radical (unpaired) electrons. The van der Waals surface area contributed by atoms with Gasteiger partial charge in [-0.05, 0) is 96.5 Å². The Morgan fingerprint density at radius 3 is 2.29 bits per heavy atom. The molecule has 3 N–H and O–H groups in total. The topological polar surface area (TPSA) is 148 Å². The van der Waals surface area contributed by atoms with Crippen molar-refractivity contribution in [2.75, 3.05) is 33.0 Å². The van der Waals surface area contributed by atoms with Gasteiger partial charge >= 0.3 is 12.2 Å². The smallest absolute Gasteiger partial charge is 0.412 e. The van der Waals surface area contributed by atoms with Crippen LogP contribution in [0.5, 0.6) is 11.5 Å². The number of hydrogen-bond acceptors (Lipinski definition) is 10. The number of hydrogen-bond donors (Lipinski definition) is 3. The van der Waals surface area contributed by atoms with Crippen molar-refractivity contribution in [2.45, 2.75) is 154 Å². The van der Waals surface area contributed by atoms with E-state index in [0.29, 0.717) is 36.6 Å². The molecule has 0 bridgehead atoms. The zero-order chi connectivity index (χ0) is 51.3. The Bertz CT molecular complexity index is 2420. The second-order valence-corrected chi connectivity index (χ2v) is 20.0. The van der Waals surface area contributed by atoms with Crippen LogP contribution in [0.3, 0.4) is 0 Å². The van der Waals surface area contributed by atoms with Gasteiger partial charge in [-0.2, -0.15) is 0 Å². The molecule has 3 aliphatic rings. The van der Waals surface area contributed by atoms with Crippen LogP contribution in [0.15, 0.2) is 120 Å². The summed E-state index contributed by atoms with van der Waals surface area (Å²) in [7, 11) is 0. The number of ether oxygens (including phenoxy) is 4. The van der Waals surface area contributed by atoms with Gasteiger partial charge in [0.2, 0.25) is 5.79 Å². The quantitative estimate of drug-likeness (QED) is 0.0264. The number of nitrogens with one attached hydrogen (secondary N) is 1. The summed E-state index contributed by atoms with van der Waals surface area (Å²) in [6.45, 7) is 9.57. The molecule has 0 saturated heterocycles. The van der Waals surface area contributed by atoms with Crippen LogP contribution >= 0.6 is 0 Å². The van der Waals surface area contributed by atoms with Gasteiger partial charge in [0.25, 0.3) is 0 Å². The van der Waals surface area contributed by atoms with Crippen molar-refractivity contribution in [2.24, 2.45) is 22.9 Å². The summed E-state index contributed by atoms with van der Waals surface area (Å²) in [5, 5.41) is 30.0. The van der Waals surface area contributed by atoms with Gasteiger partial charge in [0.1, 0.15) is 24.1 Å². The summed E-state index contributed by atoms with van der Waals surface area (Å²) >= 11 is 0. The fourth-order valence-corrected chi connectivity index (χ4v) is 11.5. The van der Waals surface area contributed by atoms with Gasteiger partial charge in [0.15, 0.2) is 0 Å². The maximum Gasteiger partial charge on any atom is 0.412 e. The van der Waals surface area contributed by atoms with E-state index >= 15 is 4.79 Å². The highest BCUT2D eigenvalue weighted by atomic mass is 16.7. The third-order valence-electron chi connectivity index (χ3n) is 15.0. The molecule has 73 heavy (non-hydrogen) atoms. The SMILES string of the molecule is C=CCOC12Oc3ccc(OC(=O)NCC)cc3C3C(CCCCO)C(CCCCO)C=C(C(=NOCc4ccccc4)CC1N(Cc1cccc4ccccc14)C(=O)OCCCCCCCCCCCC)C32. The lowest BCUT2D eigenvalue weighted by atomic mass is 9.55. The van der Waals surface area contributed by atoms with Crippen molar-refractivity contribution in [3.8, 4) is 11.5 Å². The first-order chi connectivity index (χ1) is 35.8. The monoisotopic (exact) mass is 1000 g/mol. The minimum Gasteiger partial charge on any atom is -0.459 e. The Morgan fingerprint density at radius 1 is 0.836 bits per heavy atom. The van der Waals surface area contributed by atoms with Gasteiger partial charge < -0.3 is 39.3 Å². The van der Waals surface area contributed by atoms with Gasteiger partial charge in [-0.25, -0.2) is 9.59 Å². The molecule has 1 saturated carbocycles. The van der Waals surface area contributed by atoms with E-state index in [4.69, 9.17) is 28.9 Å². The summed E-state index contributed by atoms with van der Waals surface area (Å²) in [6, 6.07) is 29.0. The van der Waals surface area contributed by atoms with Crippen LogP contribution in [0.4, 0.5) is 9.59 Å². The molecular weight excluding hydrogens is 919 g/mol. The molecule has 12 nitrogen and oxygen atoms in total. The number of unbranched alkanes of at least 4 members (excludes halogenated alkanes) is 11. The van der Waals surface area contributed by atoms with Crippen LogP contribution in [0.2, 0.25) is 0 Å². The number of carbonyl (C=O) groups is 2. The van der Waals surface area contributed by atoms with E-state index in [0.717, 1.165) is 78.0 Å². The fourth-order valence-electron chi connectivity index (χ4n) is 11.5. The lowest BCUT2D eigenvalue weighted by Gasteiger charge is -2.59. The number of aliphatic hydroxyl groups excluding tert-OH is 2. The van der Waals surface area contributed by atoms with E-state index in [9.17, 15) is 15.0 Å². The highest BCUT2D eigenvalue weighted by Gasteiger charge is 2.66. The molecule has 394 valence electrons. The molecule has 6 atom stereocenters. The number of benzene rings is 4. The van der Waals surface area contributed by atoms with E-state index in [1.54, 1.807) is 12.1 Å². The third kappa shape index (κ3) is 14.3. The number of oxime groups is 1. The normalized spacial score (nSPS) is 21.3. The second-order valence-electron chi connectivity index (χ2n) is 20.0. The van der Waals surface area contributed by atoms with Gasteiger partial charge in [-0.15, -0.1) is 6.58 Å². The van der Waals surface area contributed by atoms with Crippen LogP contribution in [0.25, 0.3) is 10.8 Å². The Morgan fingerprint density at radius 2 is 1.55 bits per heavy atom. The molecule has 1 fully saturated rings. The summed E-state index contributed by atoms with van der Waals surface area (Å²) in [6.07, 6.45) is 19.3. The Balaban J connectivity index is 1.36. The summed E-state index contributed by atoms with van der Waals surface area (Å²) in [4.78, 5) is 36.5. The predicted molar refractivity (Wildman–Crippen MR) is 289 cm³/mol. The maximum atomic E-state index is 15.4. The van der Waals surface area contributed by atoms with Crippen LogP contribution in [-0.2, 0) is 27.5 Å².